The molecule has 0 aliphatic heterocycles. The summed E-state index contributed by atoms with van der Waals surface area (Å²) in [6.07, 6.45) is 1.14. The van der Waals surface area contributed by atoms with Crippen LogP contribution >= 0.6 is 0 Å². The van der Waals surface area contributed by atoms with Gasteiger partial charge in [0.25, 0.3) is 0 Å². The molecule has 1 aromatic carbocycles. The average molecular weight is 253 g/mol. The molecular formula is C13H23NO2Si. The van der Waals surface area contributed by atoms with E-state index in [0.29, 0.717) is 5.92 Å². The summed E-state index contributed by atoms with van der Waals surface area (Å²) in [5, 5.41) is 0. The van der Waals surface area contributed by atoms with E-state index in [1.54, 1.807) is 14.2 Å². The van der Waals surface area contributed by atoms with Crippen LogP contribution in [0.5, 0.6) is 0 Å². The van der Waals surface area contributed by atoms with Gasteiger partial charge >= 0.3 is 9.45 Å². The molecule has 0 saturated carbocycles. The molecule has 0 heterocycles. The number of benzene rings is 1. The fourth-order valence-corrected chi connectivity index (χ4v) is 3.20. The molecule has 0 unspecified atom stereocenters. The third-order valence-corrected chi connectivity index (χ3v) is 4.56. The Bertz CT molecular complexity index is 302. The molecule has 0 bridgehead atoms. The molecule has 0 N–H and O–H groups in total. The maximum absolute atomic E-state index is 5.49. The van der Waals surface area contributed by atoms with Crippen molar-refractivity contribution >= 4 is 15.1 Å². The van der Waals surface area contributed by atoms with E-state index in [1.165, 1.54) is 5.69 Å². The van der Waals surface area contributed by atoms with Crippen LogP contribution in [0.15, 0.2) is 30.3 Å². The fraction of sp³-hybridized carbons (Fsp3) is 0.538. The summed E-state index contributed by atoms with van der Waals surface area (Å²) in [6.45, 7) is 5.46. The summed E-state index contributed by atoms with van der Waals surface area (Å²) >= 11 is 0. The monoisotopic (exact) mass is 253 g/mol. The van der Waals surface area contributed by atoms with Crippen LogP contribution in [0.25, 0.3) is 0 Å². The molecule has 4 heteroatoms. The number of anilines is 1. The first-order chi connectivity index (χ1) is 8.19. The van der Waals surface area contributed by atoms with E-state index in [2.05, 4.69) is 42.7 Å². The predicted molar refractivity (Wildman–Crippen MR) is 74.4 cm³/mol. The van der Waals surface area contributed by atoms with Crippen LogP contribution in [0.2, 0.25) is 0 Å². The minimum absolute atomic E-state index is 0.685. The quantitative estimate of drug-likeness (QED) is 0.697. The molecule has 0 spiro atoms. The maximum Gasteiger partial charge on any atom is 0.442 e. The van der Waals surface area contributed by atoms with Crippen molar-refractivity contribution in [2.75, 3.05) is 25.3 Å². The van der Waals surface area contributed by atoms with Crippen LogP contribution in [0.4, 0.5) is 5.69 Å². The molecule has 0 atom stereocenters. The smallest absolute Gasteiger partial charge is 0.384 e. The SMILES string of the molecule is CO[SiH](OC)N(CCC(C)C)c1ccccc1. The Labute approximate surface area is 106 Å². The highest BCUT2D eigenvalue weighted by Gasteiger charge is 2.21. The van der Waals surface area contributed by atoms with Crippen LogP contribution in [0.1, 0.15) is 20.3 Å². The summed E-state index contributed by atoms with van der Waals surface area (Å²) in [6, 6.07) is 10.3. The van der Waals surface area contributed by atoms with E-state index in [4.69, 9.17) is 8.85 Å². The molecule has 0 fully saturated rings. The first-order valence-electron chi connectivity index (χ1n) is 6.06. The summed E-state index contributed by atoms with van der Waals surface area (Å²) in [5.41, 5.74) is 1.19. The van der Waals surface area contributed by atoms with Gasteiger partial charge in [-0.3, -0.25) is 0 Å². The lowest BCUT2D eigenvalue weighted by atomic mass is 10.1. The van der Waals surface area contributed by atoms with Crippen LogP contribution < -0.4 is 4.57 Å². The largest absolute Gasteiger partial charge is 0.442 e. The fourth-order valence-electron chi connectivity index (χ4n) is 1.72. The summed E-state index contributed by atoms with van der Waals surface area (Å²) in [4.78, 5) is 0. The highest BCUT2D eigenvalue weighted by Crippen LogP contribution is 2.17. The second-order valence-electron chi connectivity index (χ2n) is 4.49. The molecule has 1 rings (SSSR count). The van der Waals surface area contributed by atoms with Crippen LogP contribution in [0, 0.1) is 5.92 Å². The Balaban J connectivity index is 2.78. The normalized spacial score (nSPS) is 11.2. The molecule has 1 aromatic rings. The van der Waals surface area contributed by atoms with Crippen molar-refractivity contribution in [3.05, 3.63) is 30.3 Å². The molecular weight excluding hydrogens is 230 g/mol. The van der Waals surface area contributed by atoms with Crippen LogP contribution in [0.3, 0.4) is 0 Å². The van der Waals surface area contributed by atoms with Gasteiger partial charge in [-0.1, -0.05) is 32.0 Å². The van der Waals surface area contributed by atoms with Crippen molar-refractivity contribution in [1.29, 1.82) is 0 Å². The van der Waals surface area contributed by atoms with Crippen molar-refractivity contribution in [1.82, 2.24) is 0 Å². The third kappa shape index (κ3) is 4.50. The van der Waals surface area contributed by atoms with Crippen molar-refractivity contribution in [3.63, 3.8) is 0 Å². The lowest BCUT2D eigenvalue weighted by molar-refractivity contribution is 0.273. The van der Waals surface area contributed by atoms with E-state index >= 15 is 0 Å². The Morgan fingerprint density at radius 3 is 2.18 bits per heavy atom. The zero-order valence-electron chi connectivity index (χ0n) is 11.2. The minimum atomic E-state index is -1.76. The van der Waals surface area contributed by atoms with Gasteiger partial charge in [0, 0.05) is 26.5 Å². The van der Waals surface area contributed by atoms with Gasteiger partial charge in [-0.2, -0.15) is 0 Å². The molecule has 17 heavy (non-hydrogen) atoms. The zero-order chi connectivity index (χ0) is 12.7. The van der Waals surface area contributed by atoms with E-state index in [-0.39, 0.29) is 0 Å². The van der Waals surface area contributed by atoms with Gasteiger partial charge in [0.15, 0.2) is 0 Å². The molecule has 3 nitrogen and oxygen atoms in total. The van der Waals surface area contributed by atoms with Gasteiger partial charge in [0.1, 0.15) is 0 Å². The topological polar surface area (TPSA) is 21.7 Å². The van der Waals surface area contributed by atoms with Crippen LogP contribution in [-0.2, 0) is 8.85 Å². The summed E-state index contributed by atoms with van der Waals surface area (Å²) in [7, 11) is 1.70. The Hall–Kier alpha value is -0.843. The average Bonchev–Trinajstić information content (AvgIpc) is 2.35. The summed E-state index contributed by atoms with van der Waals surface area (Å²) < 4.78 is 13.3. The first-order valence-corrected chi connectivity index (χ1v) is 7.52. The number of rotatable bonds is 7. The lowest BCUT2D eigenvalue weighted by Crippen LogP contribution is -2.44. The Morgan fingerprint density at radius 1 is 1.12 bits per heavy atom. The molecule has 0 aliphatic carbocycles. The van der Waals surface area contributed by atoms with Gasteiger partial charge in [-0.05, 0) is 24.5 Å². The molecule has 0 saturated heterocycles. The standard InChI is InChI=1S/C13H23NO2Si/c1-12(2)10-11-14(17(15-3)16-4)13-8-6-5-7-9-13/h5-9,12,17H,10-11H2,1-4H3. The van der Waals surface area contributed by atoms with Gasteiger partial charge in [-0.15, -0.1) is 0 Å². The van der Waals surface area contributed by atoms with E-state index < -0.39 is 9.45 Å². The molecule has 0 radical (unpaired) electrons. The van der Waals surface area contributed by atoms with Gasteiger partial charge < -0.3 is 13.4 Å². The van der Waals surface area contributed by atoms with Crippen molar-refractivity contribution in [2.24, 2.45) is 5.92 Å². The highest BCUT2D eigenvalue weighted by atomic mass is 28.3. The minimum Gasteiger partial charge on any atom is -0.384 e. The Morgan fingerprint density at radius 2 is 1.71 bits per heavy atom. The van der Waals surface area contributed by atoms with Gasteiger partial charge in [0.05, 0.1) is 0 Å². The number of hydrogen-bond donors (Lipinski definition) is 0. The molecule has 0 amide bonds. The highest BCUT2D eigenvalue weighted by molar-refractivity contribution is 6.49. The van der Waals surface area contributed by atoms with E-state index in [1.807, 2.05) is 6.07 Å². The van der Waals surface area contributed by atoms with E-state index in [9.17, 15) is 0 Å². The van der Waals surface area contributed by atoms with Crippen molar-refractivity contribution in [3.8, 4) is 0 Å². The van der Waals surface area contributed by atoms with Gasteiger partial charge in [-0.25, -0.2) is 0 Å². The van der Waals surface area contributed by atoms with Crippen molar-refractivity contribution < 1.29 is 8.85 Å². The van der Waals surface area contributed by atoms with E-state index in [0.717, 1.165) is 13.0 Å². The summed E-state index contributed by atoms with van der Waals surface area (Å²) in [5.74, 6) is 0.685. The first kappa shape index (κ1) is 14.2. The molecule has 0 aromatic heterocycles. The number of hydrogen-bond acceptors (Lipinski definition) is 3. The number of para-hydroxylation sites is 1. The maximum atomic E-state index is 5.49. The molecule has 96 valence electrons. The Kier molecular flexibility index (Phi) is 6.25. The zero-order valence-corrected chi connectivity index (χ0v) is 12.4. The second-order valence-corrected chi connectivity index (χ2v) is 6.67. The van der Waals surface area contributed by atoms with Crippen molar-refractivity contribution in [2.45, 2.75) is 20.3 Å². The lowest BCUT2D eigenvalue weighted by Gasteiger charge is -2.30. The number of nitrogens with zero attached hydrogens (tertiary/aromatic N) is 1. The van der Waals surface area contributed by atoms with Gasteiger partial charge in [0.2, 0.25) is 0 Å². The molecule has 0 aliphatic rings. The third-order valence-electron chi connectivity index (χ3n) is 2.69. The predicted octanol–water partition coefficient (Wildman–Crippen LogP) is 2.55. The second kappa shape index (κ2) is 7.48. The van der Waals surface area contributed by atoms with Crippen LogP contribution in [-0.4, -0.2) is 30.2 Å².